The van der Waals surface area contributed by atoms with E-state index in [0.717, 1.165) is 18.5 Å². The maximum absolute atomic E-state index is 12.8. The van der Waals surface area contributed by atoms with Gasteiger partial charge < -0.3 is 34.7 Å². The van der Waals surface area contributed by atoms with Crippen molar-refractivity contribution in [1.29, 1.82) is 0 Å². The van der Waals surface area contributed by atoms with Crippen LogP contribution in [0.4, 0.5) is 23.3 Å². The molecular weight excluding hydrogens is 464 g/mol. The van der Waals surface area contributed by atoms with Crippen LogP contribution in [0.25, 0.3) is 0 Å². The number of aryl methyl sites for hydroxylation is 1. The number of carbonyl (C=O) groups is 1. The molecule has 3 aromatic rings. The summed E-state index contributed by atoms with van der Waals surface area (Å²) in [7, 11) is 6.89. The molecule has 0 saturated carbocycles. The van der Waals surface area contributed by atoms with Gasteiger partial charge in [-0.05, 0) is 51.7 Å². The summed E-state index contributed by atoms with van der Waals surface area (Å²) in [5.74, 6) is 0.877. The second-order valence-corrected chi connectivity index (χ2v) is 7.78. The van der Waals surface area contributed by atoms with E-state index < -0.39 is 5.91 Å². The van der Waals surface area contributed by atoms with Crippen LogP contribution in [-0.2, 0) is 0 Å². The molecule has 0 unspecified atom stereocenters. The van der Waals surface area contributed by atoms with Crippen LogP contribution in [0.2, 0.25) is 5.28 Å². The molecule has 0 aliphatic rings. The number of nitrogens with zero attached hydrogens (tertiary/aromatic N) is 5. The Morgan fingerprint density at radius 2 is 1.85 bits per heavy atom. The van der Waals surface area contributed by atoms with Crippen LogP contribution >= 0.6 is 11.6 Å². The van der Waals surface area contributed by atoms with Crippen molar-refractivity contribution in [3.05, 3.63) is 34.9 Å². The number of rotatable bonds is 11. The van der Waals surface area contributed by atoms with Gasteiger partial charge in [0.25, 0.3) is 5.91 Å². The quantitative estimate of drug-likeness (QED) is 0.269. The number of hydrogen-bond acceptors (Lipinski definition) is 11. The van der Waals surface area contributed by atoms with Gasteiger partial charge in [0, 0.05) is 24.4 Å². The molecule has 0 atom stereocenters. The highest BCUT2D eigenvalue weighted by atomic mass is 35.5. The number of halogens is 1. The third-order valence-corrected chi connectivity index (χ3v) is 4.73. The first kappa shape index (κ1) is 25.0. The summed E-state index contributed by atoms with van der Waals surface area (Å²) < 4.78 is 16.3. The van der Waals surface area contributed by atoms with E-state index in [1.807, 2.05) is 21.0 Å². The van der Waals surface area contributed by atoms with Crippen molar-refractivity contribution in [3.63, 3.8) is 0 Å². The minimum atomic E-state index is -0.544. The zero-order valence-corrected chi connectivity index (χ0v) is 20.4. The summed E-state index contributed by atoms with van der Waals surface area (Å²) in [6.07, 6.45) is 2.47. The van der Waals surface area contributed by atoms with Gasteiger partial charge in [-0.25, -0.2) is 9.97 Å². The smallest absolute Gasteiger partial charge is 0.291 e. The Balaban J connectivity index is 1.73. The van der Waals surface area contributed by atoms with Crippen molar-refractivity contribution in [2.45, 2.75) is 13.3 Å². The molecule has 182 valence electrons. The molecule has 0 spiro atoms. The molecule has 3 N–H and O–H groups in total. The number of amides is 1. The van der Waals surface area contributed by atoms with Gasteiger partial charge in [0.2, 0.25) is 23.0 Å². The molecule has 0 bridgehead atoms. The normalized spacial score (nSPS) is 10.8. The van der Waals surface area contributed by atoms with Crippen molar-refractivity contribution in [1.82, 2.24) is 24.8 Å². The molecule has 13 heteroatoms. The van der Waals surface area contributed by atoms with E-state index in [9.17, 15) is 4.79 Å². The average Bonchev–Trinajstić information content (AvgIpc) is 3.28. The maximum Gasteiger partial charge on any atom is 0.291 e. The maximum atomic E-state index is 12.8. The van der Waals surface area contributed by atoms with Crippen LogP contribution in [0.3, 0.4) is 0 Å². The summed E-state index contributed by atoms with van der Waals surface area (Å²) >= 11 is 5.85. The minimum absolute atomic E-state index is 0.0373. The second-order valence-electron chi connectivity index (χ2n) is 7.44. The summed E-state index contributed by atoms with van der Waals surface area (Å²) in [6.45, 7) is 3.39. The number of carbonyl (C=O) groups excluding carboxylic acids is 1. The van der Waals surface area contributed by atoms with Crippen molar-refractivity contribution in [2.24, 2.45) is 0 Å². The van der Waals surface area contributed by atoms with Gasteiger partial charge in [-0.1, -0.05) is 0 Å². The van der Waals surface area contributed by atoms with E-state index >= 15 is 0 Å². The van der Waals surface area contributed by atoms with Crippen molar-refractivity contribution in [2.75, 3.05) is 57.4 Å². The molecule has 0 aliphatic carbocycles. The van der Waals surface area contributed by atoms with Crippen LogP contribution in [-0.4, -0.2) is 72.1 Å². The molecule has 34 heavy (non-hydrogen) atoms. The van der Waals surface area contributed by atoms with Crippen molar-refractivity contribution >= 4 is 40.8 Å². The lowest BCUT2D eigenvalue weighted by molar-refractivity contribution is 0.0996. The van der Waals surface area contributed by atoms with E-state index in [1.165, 1.54) is 20.3 Å². The second kappa shape index (κ2) is 11.5. The fraction of sp³-hybridized carbons (Fsp3) is 0.381. The van der Waals surface area contributed by atoms with Crippen LogP contribution in [0.5, 0.6) is 11.8 Å². The molecular formula is C21H27ClN8O4. The molecule has 0 aliphatic heterocycles. The highest BCUT2D eigenvalue weighted by Crippen LogP contribution is 2.33. The monoisotopic (exact) mass is 490 g/mol. The number of nitrogens with one attached hydrogen (secondary N) is 3. The molecule has 3 aromatic heterocycles. The van der Waals surface area contributed by atoms with Crippen LogP contribution in [0, 0.1) is 6.92 Å². The van der Waals surface area contributed by atoms with Crippen molar-refractivity contribution in [3.8, 4) is 11.8 Å². The number of aromatic nitrogens is 4. The lowest BCUT2D eigenvalue weighted by Crippen LogP contribution is -2.18. The lowest BCUT2D eigenvalue weighted by atomic mass is 10.3. The number of ether oxygens (including phenoxy) is 2. The van der Waals surface area contributed by atoms with Gasteiger partial charge in [0.1, 0.15) is 5.82 Å². The lowest BCUT2D eigenvalue weighted by Gasteiger charge is -2.14. The van der Waals surface area contributed by atoms with Gasteiger partial charge in [0.15, 0.2) is 17.3 Å². The fourth-order valence-electron chi connectivity index (χ4n) is 2.86. The Morgan fingerprint density at radius 3 is 2.50 bits per heavy atom. The zero-order valence-electron chi connectivity index (χ0n) is 19.6. The fourth-order valence-corrected chi connectivity index (χ4v) is 3.00. The van der Waals surface area contributed by atoms with E-state index in [-0.39, 0.29) is 28.5 Å². The van der Waals surface area contributed by atoms with E-state index in [4.69, 9.17) is 25.5 Å². The third kappa shape index (κ3) is 6.45. The topological polar surface area (TPSA) is 140 Å². The Morgan fingerprint density at radius 1 is 1.15 bits per heavy atom. The Kier molecular flexibility index (Phi) is 8.44. The van der Waals surface area contributed by atoms with E-state index in [2.05, 4.69) is 40.8 Å². The third-order valence-electron chi connectivity index (χ3n) is 4.55. The Labute approximate surface area is 202 Å². The first-order valence-electron chi connectivity index (χ1n) is 10.4. The molecule has 3 rings (SSSR count). The number of anilines is 4. The summed E-state index contributed by atoms with van der Waals surface area (Å²) in [4.78, 5) is 31.6. The van der Waals surface area contributed by atoms with Gasteiger partial charge in [-0.3, -0.25) is 4.79 Å². The Bertz CT molecular complexity index is 1110. The molecule has 12 nitrogen and oxygen atoms in total. The van der Waals surface area contributed by atoms with E-state index in [1.54, 1.807) is 12.3 Å². The number of methoxy groups -OCH3 is 2. The van der Waals surface area contributed by atoms with Crippen LogP contribution in [0.1, 0.15) is 22.5 Å². The minimum Gasteiger partial charge on any atom is -0.479 e. The molecule has 3 heterocycles. The number of hydrogen-bond donors (Lipinski definition) is 3. The van der Waals surface area contributed by atoms with Gasteiger partial charge >= 0.3 is 0 Å². The van der Waals surface area contributed by atoms with Crippen LogP contribution < -0.4 is 25.4 Å². The largest absolute Gasteiger partial charge is 0.479 e. The van der Waals surface area contributed by atoms with E-state index in [0.29, 0.717) is 24.2 Å². The highest BCUT2D eigenvalue weighted by Gasteiger charge is 2.21. The first-order chi connectivity index (χ1) is 16.3. The first-order valence-corrected chi connectivity index (χ1v) is 10.7. The summed E-state index contributed by atoms with van der Waals surface area (Å²) in [5, 5.41) is 8.87. The SMILES string of the molecule is COc1nc(NCCCN(C)C)nc(OC)c1NC(=O)c1ccc(Nc2nc(Cl)ncc2C)o1. The summed E-state index contributed by atoms with van der Waals surface area (Å²) in [5.41, 5.74) is 0.937. The van der Waals surface area contributed by atoms with Crippen LogP contribution in [0.15, 0.2) is 22.7 Å². The molecule has 0 saturated heterocycles. The Hall–Kier alpha value is -3.64. The predicted molar refractivity (Wildman–Crippen MR) is 129 cm³/mol. The zero-order chi connectivity index (χ0) is 24.7. The summed E-state index contributed by atoms with van der Waals surface area (Å²) in [6, 6.07) is 3.10. The molecule has 1 amide bonds. The predicted octanol–water partition coefficient (Wildman–Crippen LogP) is 3.20. The highest BCUT2D eigenvalue weighted by molar-refractivity contribution is 6.28. The average molecular weight is 491 g/mol. The standard InChI is InChI=1S/C21H27ClN8O4/c1-12-11-24-20(22)27-16(12)25-14-8-7-13(34-14)17(31)26-15-18(32-4)28-21(29-19(15)33-5)23-9-6-10-30(2)3/h7-8,11H,6,9-10H2,1-5H3,(H,26,31)(H,23,28,29)(H,24,25,27). The van der Waals surface area contributed by atoms with Gasteiger partial charge in [-0.15, -0.1) is 0 Å². The molecule has 0 radical (unpaired) electrons. The van der Waals surface area contributed by atoms with Gasteiger partial charge in [0.05, 0.1) is 14.2 Å². The van der Waals surface area contributed by atoms with Gasteiger partial charge in [-0.2, -0.15) is 9.97 Å². The molecule has 0 fully saturated rings. The molecule has 0 aromatic carbocycles. The van der Waals surface area contributed by atoms with Crippen molar-refractivity contribution < 1.29 is 18.7 Å². The number of furan rings is 1.